The Labute approximate surface area is 210 Å². The Kier molecular flexibility index (Phi) is 8.95. The first kappa shape index (κ1) is 25.0. The summed E-state index contributed by atoms with van der Waals surface area (Å²) in [6.07, 6.45) is 7.87. The van der Waals surface area contributed by atoms with E-state index in [0.29, 0.717) is 31.0 Å². The van der Waals surface area contributed by atoms with Crippen LogP contribution in [0.1, 0.15) is 55.3 Å². The molecule has 0 bridgehead atoms. The van der Waals surface area contributed by atoms with Crippen molar-refractivity contribution in [3.05, 3.63) is 53.5 Å². The van der Waals surface area contributed by atoms with Crippen LogP contribution in [-0.4, -0.2) is 43.0 Å². The summed E-state index contributed by atoms with van der Waals surface area (Å²) >= 11 is 1.50. The van der Waals surface area contributed by atoms with Gasteiger partial charge in [0.05, 0.1) is 22.8 Å². The van der Waals surface area contributed by atoms with Crippen molar-refractivity contribution < 1.29 is 14.3 Å². The Morgan fingerprint density at radius 1 is 1.09 bits per heavy atom. The normalized spacial score (nSPS) is 14.9. The van der Waals surface area contributed by atoms with E-state index in [1.807, 2.05) is 36.4 Å². The number of nitrogens with zero attached hydrogens (tertiary/aromatic N) is 1. The predicted octanol–water partition coefficient (Wildman–Crippen LogP) is 4.99. The van der Waals surface area contributed by atoms with Crippen molar-refractivity contribution in [1.29, 1.82) is 0 Å². The van der Waals surface area contributed by atoms with E-state index in [4.69, 9.17) is 4.74 Å². The minimum absolute atomic E-state index is 0.135. The molecule has 1 aliphatic carbocycles. The molecule has 1 saturated carbocycles. The first-order chi connectivity index (χ1) is 17.1. The van der Waals surface area contributed by atoms with Gasteiger partial charge in [0.2, 0.25) is 5.91 Å². The second kappa shape index (κ2) is 12.5. The first-order valence-corrected chi connectivity index (χ1v) is 13.3. The van der Waals surface area contributed by atoms with Crippen LogP contribution in [-0.2, 0) is 4.79 Å². The highest BCUT2D eigenvalue weighted by molar-refractivity contribution is 7.16. The second-order valence-corrected chi connectivity index (χ2v) is 9.97. The number of carbonyl (C=O) groups excluding carboxylic acids is 2. The largest absolute Gasteiger partial charge is 0.497 e. The molecule has 1 aliphatic rings. The number of rotatable bonds is 11. The number of fused-ring (bicyclic) bond motifs is 1. The minimum atomic E-state index is -0.553. The van der Waals surface area contributed by atoms with E-state index in [-0.39, 0.29) is 11.8 Å². The fourth-order valence-electron chi connectivity index (χ4n) is 4.61. The molecule has 1 aromatic heterocycles. The fourth-order valence-corrected chi connectivity index (χ4v) is 5.33. The number of amides is 2. The molecule has 0 radical (unpaired) electrons. The monoisotopic (exact) mass is 494 g/mol. The van der Waals surface area contributed by atoms with Crippen LogP contribution >= 0.6 is 11.3 Å². The SMILES string of the molecule is COc1ccc(NCCNC(=O)[C@H](CCC2CCCCC2)NC(=O)c2ccc3ncsc3c2)cc1. The first-order valence-electron chi connectivity index (χ1n) is 12.4. The molecule has 3 N–H and O–H groups in total. The number of aromatic nitrogens is 1. The molecule has 0 aliphatic heterocycles. The predicted molar refractivity (Wildman–Crippen MR) is 141 cm³/mol. The molecule has 8 heteroatoms. The highest BCUT2D eigenvalue weighted by Gasteiger charge is 2.23. The van der Waals surface area contributed by atoms with Gasteiger partial charge in [0.15, 0.2) is 0 Å². The fraction of sp³-hybridized carbons (Fsp3) is 0.444. The number of carbonyl (C=O) groups is 2. The maximum absolute atomic E-state index is 13.1. The number of ether oxygens (including phenoxy) is 1. The molecule has 1 heterocycles. The maximum atomic E-state index is 13.1. The quantitative estimate of drug-likeness (QED) is 0.327. The van der Waals surface area contributed by atoms with Gasteiger partial charge in [-0.3, -0.25) is 9.59 Å². The highest BCUT2D eigenvalue weighted by atomic mass is 32.1. The Morgan fingerprint density at radius 2 is 1.89 bits per heavy atom. The van der Waals surface area contributed by atoms with Gasteiger partial charge in [0.25, 0.3) is 5.91 Å². The molecule has 7 nitrogen and oxygen atoms in total. The van der Waals surface area contributed by atoms with Crippen LogP contribution in [0, 0.1) is 5.92 Å². The Bertz CT molecular complexity index is 1110. The summed E-state index contributed by atoms with van der Waals surface area (Å²) < 4.78 is 6.14. The van der Waals surface area contributed by atoms with Crippen molar-refractivity contribution in [2.75, 3.05) is 25.5 Å². The lowest BCUT2D eigenvalue weighted by atomic mass is 9.85. The molecular weight excluding hydrogens is 460 g/mol. The molecular formula is C27H34N4O3S. The van der Waals surface area contributed by atoms with Gasteiger partial charge in [0.1, 0.15) is 11.8 Å². The molecule has 4 rings (SSSR count). The lowest BCUT2D eigenvalue weighted by molar-refractivity contribution is -0.123. The smallest absolute Gasteiger partial charge is 0.251 e. The number of thiazole rings is 1. The molecule has 2 amide bonds. The number of hydrogen-bond acceptors (Lipinski definition) is 6. The van der Waals surface area contributed by atoms with Crippen LogP contribution in [0.25, 0.3) is 10.2 Å². The number of hydrogen-bond donors (Lipinski definition) is 3. The summed E-state index contributed by atoms with van der Waals surface area (Å²) in [5.74, 6) is 1.08. The van der Waals surface area contributed by atoms with Crippen molar-refractivity contribution >= 4 is 39.1 Å². The van der Waals surface area contributed by atoms with Gasteiger partial charge in [0, 0.05) is 24.3 Å². The average molecular weight is 495 g/mol. The summed E-state index contributed by atoms with van der Waals surface area (Å²) in [7, 11) is 1.64. The molecule has 0 unspecified atom stereocenters. The van der Waals surface area contributed by atoms with Gasteiger partial charge in [-0.15, -0.1) is 11.3 Å². The number of methoxy groups -OCH3 is 1. The van der Waals surface area contributed by atoms with Crippen molar-refractivity contribution in [2.45, 2.75) is 51.0 Å². The number of nitrogens with one attached hydrogen (secondary N) is 3. The van der Waals surface area contributed by atoms with E-state index >= 15 is 0 Å². The van der Waals surface area contributed by atoms with Gasteiger partial charge in [-0.2, -0.15) is 0 Å². The summed E-state index contributed by atoms with van der Waals surface area (Å²) in [4.78, 5) is 30.4. The Hall–Kier alpha value is -3.13. The third-order valence-corrected chi connectivity index (χ3v) is 7.44. The zero-order valence-electron chi connectivity index (χ0n) is 20.2. The summed E-state index contributed by atoms with van der Waals surface area (Å²) in [6, 6.07) is 12.6. The molecule has 2 aromatic carbocycles. The molecule has 1 atom stereocenters. The van der Waals surface area contributed by atoms with Crippen molar-refractivity contribution in [2.24, 2.45) is 5.92 Å². The summed E-state index contributed by atoms with van der Waals surface area (Å²) in [5, 5.41) is 9.29. The van der Waals surface area contributed by atoms with E-state index in [1.54, 1.807) is 18.7 Å². The van der Waals surface area contributed by atoms with Crippen LogP contribution < -0.4 is 20.7 Å². The zero-order valence-corrected chi connectivity index (χ0v) is 21.0. The van der Waals surface area contributed by atoms with Gasteiger partial charge in [-0.25, -0.2) is 4.98 Å². The highest BCUT2D eigenvalue weighted by Crippen LogP contribution is 2.28. The van der Waals surface area contributed by atoms with Crippen LogP contribution in [0.15, 0.2) is 48.0 Å². The van der Waals surface area contributed by atoms with E-state index < -0.39 is 6.04 Å². The molecule has 35 heavy (non-hydrogen) atoms. The van der Waals surface area contributed by atoms with Crippen molar-refractivity contribution in [3.8, 4) is 5.75 Å². The maximum Gasteiger partial charge on any atom is 0.251 e. The van der Waals surface area contributed by atoms with Gasteiger partial charge in [-0.1, -0.05) is 32.1 Å². The van der Waals surface area contributed by atoms with Crippen molar-refractivity contribution in [1.82, 2.24) is 15.6 Å². The van der Waals surface area contributed by atoms with Crippen LogP contribution in [0.5, 0.6) is 5.75 Å². The van der Waals surface area contributed by atoms with Gasteiger partial charge >= 0.3 is 0 Å². The van der Waals surface area contributed by atoms with E-state index in [9.17, 15) is 9.59 Å². The summed E-state index contributed by atoms with van der Waals surface area (Å²) in [6.45, 7) is 1.05. The van der Waals surface area contributed by atoms with Gasteiger partial charge in [-0.05, 0) is 61.2 Å². The third kappa shape index (κ3) is 7.18. The topological polar surface area (TPSA) is 92.4 Å². The third-order valence-electron chi connectivity index (χ3n) is 6.65. The molecule has 0 saturated heterocycles. The number of anilines is 1. The van der Waals surface area contributed by atoms with E-state index in [2.05, 4.69) is 20.9 Å². The molecule has 0 spiro atoms. The average Bonchev–Trinajstić information content (AvgIpc) is 3.38. The summed E-state index contributed by atoms with van der Waals surface area (Å²) in [5.41, 5.74) is 4.16. The molecule has 186 valence electrons. The standard InChI is InChI=1S/C27H34N4O3S/c1-34-22-11-9-21(10-12-22)28-15-16-29-27(33)24(13-7-19-5-3-2-4-6-19)31-26(32)20-8-14-23-25(17-20)35-18-30-23/h8-12,14,17-19,24,28H,2-7,13,15-16H2,1H3,(H,29,33)(H,31,32)/t24-/m0/s1. The zero-order chi connectivity index (χ0) is 24.5. The lowest BCUT2D eigenvalue weighted by Gasteiger charge is -2.24. The lowest BCUT2D eigenvalue weighted by Crippen LogP contribution is -2.47. The van der Waals surface area contributed by atoms with Crippen molar-refractivity contribution in [3.63, 3.8) is 0 Å². The van der Waals surface area contributed by atoms with Crippen LogP contribution in [0.2, 0.25) is 0 Å². The molecule has 3 aromatic rings. The molecule has 1 fully saturated rings. The second-order valence-electron chi connectivity index (χ2n) is 9.09. The van der Waals surface area contributed by atoms with Crippen LogP contribution in [0.3, 0.4) is 0 Å². The Morgan fingerprint density at radius 3 is 2.66 bits per heavy atom. The minimum Gasteiger partial charge on any atom is -0.497 e. The Balaban J connectivity index is 1.32. The van der Waals surface area contributed by atoms with E-state index in [1.165, 1.54) is 43.4 Å². The van der Waals surface area contributed by atoms with E-state index in [0.717, 1.165) is 28.1 Å². The van der Waals surface area contributed by atoms with Crippen LogP contribution in [0.4, 0.5) is 5.69 Å². The number of benzene rings is 2. The van der Waals surface area contributed by atoms with Gasteiger partial charge < -0.3 is 20.7 Å².